The summed E-state index contributed by atoms with van der Waals surface area (Å²) in [6.07, 6.45) is 0.374. The average Bonchev–Trinajstić information content (AvgIpc) is 2.20. The molecule has 4 heteroatoms. The van der Waals surface area contributed by atoms with E-state index < -0.39 is 12.0 Å². The summed E-state index contributed by atoms with van der Waals surface area (Å²) in [6.45, 7) is 0.794. The monoisotopic (exact) mass is 222 g/mol. The van der Waals surface area contributed by atoms with Crippen LogP contribution < -0.4 is 5.73 Å². The van der Waals surface area contributed by atoms with Gasteiger partial charge < -0.3 is 15.7 Å². The van der Waals surface area contributed by atoms with E-state index in [2.05, 4.69) is 0 Å². The van der Waals surface area contributed by atoms with E-state index in [1.54, 1.807) is 0 Å². The third-order valence-corrected chi connectivity index (χ3v) is 2.36. The summed E-state index contributed by atoms with van der Waals surface area (Å²) in [5.74, 6) is -0.959. The summed E-state index contributed by atoms with van der Waals surface area (Å²) in [7, 11) is 3.96. The molecular formula is C12H18N2O2. The first-order valence-electron chi connectivity index (χ1n) is 5.20. The Morgan fingerprint density at radius 2 is 1.94 bits per heavy atom. The van der Waals surface area contributed by atoms with Crippen LogP contribution in [0.25, 0.3) is 0 Å². The molecule has 0 saturated heterocycles. The summed E-state index contributed by atoms with van der Waals surface area (Å²) in [4.78, 5) is 12.7. The number of nitrogens with zero attached hydrogens (tertiary/aromatic N) is 1. The van der Waals surface area contributed by atoms with Crippen molar-refractivity contribution in [1.82, 2.24) is 4.90 Å². The van der Waals surface area contributed by atoms with Crippen LogP contribution in [0, 0.1) is 0 Å². The zero-order valence-electron chi connectivity index (χ0n) is 9.68. The van der Waals surface area contributed by atoms with E-state index >= 15 is 0 Å². The van der Waals surface area contributed by atoms with Crippen molar-refractivity contribution >= 4 is 5.97 Å². The minimum atomic E-state index is -0.959. The molecule has 1 unspecified atom stereocenters. The van der Waals surface area contributed by atoms with Gasteiger partial charge in [-0.15, -0.1) is 0 Å². The highest BCUT2D eigenvalue weighted by atomic mass is 16.4. The Morgan fingerprint density at radius 1 is 1.38 bits per heavy atom. The quantitative estimate of drug-likeness (QED) is 0.769. The maximum atomic E-state index is 10.7. The molecule has 88 valence electrons. The lowest BCUT2D eigenvalue weighted by Gasteiger charge is -2.15. The normalized spacial score (nSPS) is 12.8. The van der Waals surface area contributed by atoms with Crippen molar-refractivity contribution in [3.63, 3.8) is 0 Å². The zero-order valence-corrected chi connectivity index (χ0v) is 9.68. The van der Waals surface area contributed by atoms with E-state index in [0.29, 0.717) is 6.42 Å². The average molecular weight is 222 g/mol. The number of carbonyl (C=O) groups is 1. The second-order valence-electron chi connectivity index (χ2n) is 4.16. The molecule has 16 heavy (non-hydrogen) atoms. The van der Waals surface area contributed by atoms with Crippen LogP contribution in [0.3, 0.4) is 0 Å². The van der Waals surface area contributed by atoms with Crippen LogP contribution in [0.1, 0.15) is 11.1 Å². The fraction of sp³-hybridized carbons (Fsp3) is 0.417. The fourth-order valence-electron chi connectivity index (χ4n) is 1.58. The highest BCUT2D eigenvalue weighted by molar-refractivity contribution is 5.73. The maximum Gasteiger partial charge on any atom is 0.320 e. The van der Waals surface area contributed by atoms with Crippen molar-refractivity contribution in [2.45, 2.75) is 19.0 Å². The number of rotatable bonds is 5. The summed E-state index contributed by atoms with van der Waals surface area (Å²) in [6, 6.07) is 6.96. The van der Waals surface area contributed by atoms with Gasteiger partial charge in [0.1, 0.15) is 6.04 Å². The lowest BCUT2D eigenvalue weighted by atomic mass is 10.0. The Kier molecular flexibility index (Phi) is 4.46. The maximum absolute atomic E-state index is 10.7. The van der Waals surface area contributed by atoms with Gasteiger partial charge in [0, 0.05) is 6.54 Å². The largest absolute Gasteiger partial charge is 0.480 e. The van der Waals surface area contributed by atoms with E-state index in [-0.39, 0.29) is 0 Å². The van der Waals surface area contributed by atoms with E-state index in [0.717, 1.165) is 17.7 Å². The number of aliphatic carboxylic acids is 1. The summed E-state index contributed by atoms with van der Waals surface area (Å²) in [5.41, 5.74) is 7.67. The molecule has 3 N–H and O–H groups in total. The standard InChI is InChI=1S/C12H18N2O2/c1-14(2)8-10-6-4-3-5-9(10)7-11(13)12(15)16/h3-6,11H,7-8,13H2,1-2H3,(H,15,16). The van der Waals surface area contributed by atoms with Gasteiger partial charge in [0.25, 0.3) is 0 Å². The molecule has 0 radical (unpaired) electrons. The number of nitrogens with two attached hydrogens (primary N) is 1. The molecule has 1 rings (SSSR count). The van der Waals surface area contributed by atoms with E-state index in [4.69, 9.17) is 10.8 Å². The smallest absolute Gasteiger partial charge is 0.320 e. The van der Waals surface area contributed by atoms with Crippen molar-refractivity contribution in [2.24, 2.45) is 5.73 Å². The predicted molar refractivity (Wildman–Crippen MR) is 63.1 cm³/mol. The second-order valence-corrected chi connectivity index (χ2v) is 4.16. The SMILES string of the molecule is CN(C)Cc1ccccc1CC(N)C(=O)O. The van der Waals surface area contributed by atoms with Crippen molar-refractivity contribution < 1.29 is 9.90 Å². The first kappa shape index (κ1) is 12.7. The lowest BCUT2D eigenvalue weighted by molar-refractivity contribution is -0.138. The molecule has 0 heterocycles. The zero-order chi connectivity index (χ0) is 12.1. The third kappa shape index (κ3) is 3.64. The highest BCUT2D eigenvalue weighted by Crippen LogP contribution is 2.12. The predicted octanol–water partition coefficient (Wildman–Crippen LogP) is 0.703. The van der Waals surface area contributed by atoms with Gasteiger partial charge >= 0.3 is 5.97 Å². The third-order valence-electron chi connectivity index (χ3n) is 2.36. The Bertz CT molecular complexity index is 364. The van der Waals surface area contributed by atoms with E-state index in [9.17, 15) is 4.79 Å². The minimum absolute atomic E-state index is 0.374. The molecule has 0 aliphatic carbocycles. The van der Waals surface area contributed by atoms with Gasteiger partial charge in [0.2, 0.25) is 0 Å². The molecule has 0 aromatic heterocycles. The Morgan fingerprint density at radius 3 is 2.44 bits per heavy atom. The topological polar surface area (TPSA) is 66.6 Å². The van der Waals surface area contributed by atoms with Crippen LogP contribution in [0.2, 0.25) is 0 Å². The van der Waals surface area contributed by atoms with Crippen LogP contribution >= 0.6 is 0 Å². The molecule has 0 bridgehead atoms. The lowest BCUT2D eigenvalue weighted by Crippen LogP contribution is -2.32. The number of benzene rings is 1. The van der Waals surface area contributed by atoms with Gasteiger partial charge in [-0.1, -0.05) is 24.3 Å². The van der Waals surface area contributed by atoms with Gasteiger partial charge in [0.15, 0.2) is 0 Å². The molecular weight excluding hydrogens is 204 g/mol. The summed E-state index contributed by atoms with van der Waals surface area (Å²) < 4.78 is 0. The van der Waals surface area contributed by atoms with E-state index in [1.165, 1.54) is 0 Å². The number of carboxylic acid groups (broad SMARTS) is 1. The molecule has 0 amide bonds. The molecule has 1 aromatic carbocycles. The summed E-state index contributed by atoms with van der Waals surface area (Å²) >= 11 is 0. The Hall–Kier alpha value is -1.39. The molecule has 0 spiro atoms. The fourth-order valence-corrected chi connectivity index (χ4v) is 1.58. The van der Waals surface area contributed by atoms with E-state index in [1.807, 2.05) is 43.3 Å². The second kappa shape index (κ2) is 5.63. The van der Waals surface area contributed by atoms with Crippen molar-refractivity contribution in [3.05, 3.63) is 35.4 Å². The number of hydrogen-bond donors (Lipinski definition) is 2. The van der Waals surface area contributed by atoms with Crippen molar-refractivity contribution in [2.75, 3.05) is 14.1 Å². The van der Waals surface area contributed by atoms with Gasteiger partial charge in [-0.05, 0) is 31.6 Å². The van der Waals surface area contributed by atoms with Crippen LogP contribution in [-0.4, -0.2) is 36.1 Å². The number of carboxylic acids is 1. The van der Waals surface area contributed by atoms with Gasteiger partial charge in [0.05, 0.1) is 0 Å². The minimum Gasteiger partial charge on any atom is -0.480 e. The first-order chi connectivity index (χ1) is 7.50. The first-order valence-corrected chi connectivity index (χ1v) is 5.20. The molecule has 1 atom stereocenters. The molecule has 0 saturated carbocycles. The molecule has 0 fully saturated rings. The van der Waals surface area contributed by atoms with Crippen molar-refractivity contribution in [3.8, 4) is 0 Å². The van der Waals surface area contributed by atoms with Crippen molar-refractivity contribution in [1.29, 1.82) is 0 Å². The van der Waals surface area contributed by atoms with Gasteiger partial charge in [-0.3, -0.25) is 4.79 Å². The van der Waals surface area contributed by atoms with Gasteiger partial charge in [-0.25, -0.2) is 0 Å². The van der Waals surface area contributed by atoms with Crippen LogP contribution in [-0.2, 0) is 17.8 Å². The Balaban J connectivity index is 2.82. The van der Waals surface area contributed by atoms with Crippen LogP contribution in [0.15, 0.2) is 24.3 Å². The highest BCUT2D eigenvalue weighted by Gasteiger charge is 2.14. The number of hydrogen-bond acceptors (Lipinski definition) is 3. The Labute approximate surface area is 95.7 Å². The van der Waals surface area contributed by atoms with Crippen LogP contribution in [0.5, 0.6) is 0 Å². The van der Waals surface area contributed by atoms with Crippen LogP contribution in [0.4, 0.5) is 0 Å². The summed E-state index contributed by atoms with van der Waals surface area (Å²) in [5, 5.41) is 8.78. The molecule has 0 aliphatic rings. The molecule has 0 aliphatic heterocycles. The van der Waals surface area contributed by atoms with Gasteiger partial charge in [-0.2, -0.15) is 0 Å². The molecule has 4 nitrogen and oxygen atoms in total. The molecule has 1 aromatic rings.